The molecule has 1 aromatic heterocycles. The molecule has 1 aromatic carbocycles. The number of ether oxygens (including phenoxy) is 1. The van der Waals surface area contributed by atoms with Crippen LogP contribution >= 0.6 is 0 Å². The Morgan fingerprint density at radius 1 is 1.30 bits per heavy atom. The van der Waals surface area contributed by atoms with Gasteiger partial charge >= 0.3 is 0 Å². The van der Waals surface area contributed by atoms with Gasteiger partial charge in [-0.25, -0.2) is 9.37 Å². The number of hydrogen-bond donors (Lipinski definition) is 1. The number of aromatic nitrogens is 2. The maximum Gasteiger partial charge on any atom is 0.125 e. The Hall–Kier alpha value is -1.88. The van der Waals surface area contributed by atoms with Gasteiger partial charge in [0.05, 0.1) is 13.2 Å². The molecule has 20 heavy (non-hydrogen) atoms. The summed E-state index contributed by atoms with van der Waals surface area (Å²) in [5, 5.41) is 3.41. The lowest BCUT2D eigenvalue weighted by Gasteiger charge is -2.22. The normalized spacial score (nSPS) is 14.1. The largest absolute Gasteiger partial charge is 0.496 e. The lowest BCUT2D eigenvalue weighted by Crippen LogP contribution is -2.25. The van der Waals surface area contributed by atoms with Gasteiger partial charge in [0.2, 0.25) is 0 Å². The molecule has 0 aliphatic heterocycles. The molecule has 2 atom stereocenters. The van der Waals surface area contributed by atoms with Crippen LogP contribution in [0.3, 0.4) is 0 Å². The zero-order valence-corrected chi connectivity index (χ0v) is 12.2. The lowest BCUT2D eigenvalue weighted by atomic mass is 10.1. The monoisotopic (exact) mass is 277 g/mol. The first kappa shape index (κ1) is 14.5. The fourth-order valence-corrected chi connectivity index (χ4v) is 2.38. The SMILES string of the molecule is COc1ccc(F)cc1C(C)NC(C)c1nccn1C. The summed E-state index contributed by atoms with van der Waals surface area (Å²) in [6.45, 7) is 4.02. The van der Waals surface area contributed by atoms with Gasteiger partial charge in [-0.3, -0.25) is 0 Å². The van der Waals surface area contributed by atoms with E-state index in [0.717, 1.165) is 11.4 Å². The van der Waals surface area contributed by atoms with Crippen molar-refractivity contribution in [3.05, 3.63) is 47.8 Å². The van der Waals surface area contributed by atoms with Gasteiger partial charge in [-0.2, -0.15) is 0 Å². The minimum absolute atomic E-state index is 0.0488. The topological polar surface area (TPSA) is 39.1 Å². The predicted molar refractivity (Wildman–Crippen MR) is 76.1 cm³/mol. The molecule has 1 N–H and O–H groups in total. The number of benzene rings is 1. The highest BCUT2D eigenvalue weighted by molar-refractivity contribution is 5.36. The first-order chi connectivity index (χ1) is 9.52. The van der Waals surface area contributed by atoms with Gasteiger partial charge in [-0.15, -0.1) is 0 Å². The van der Waals surface area contributed by atoms with Crippen molar-refractivity contribution in [1.82, 2.24) is 14.9 Å². The minimum Gasteiger partial charge on any atom is -0.496 e. The highest BCUT2D eigenvalue weighted by Crippen LogP contribution is 2.27. The molecule has 0 saturated carbocycles. The van der Waals surface area contributed by atoms with Crippen LogP contribution in [0.2, 0.25) is 0 Å². The Morgan fingerprint density at radius 2 is 2.05 bits per heavy atom. The summed E-state index contributed by atoms with van der Waals surface area (Å²) in [6, 6.07) is 4.55. The molecule has 0 spiro atoms. The average Bonchev–Trinajstić information content (AvgIpc) is 2.85. The second-order valence-electron chi connectivity index (χ2n) is 4.89. The Morgan fingerprint density at radius 3 is 2.65 bits per heavy atom. The number of halogens is 1. The number of imidazole rings is 1. The molecular weight excluding hydrogens is 257 g/mol. The van der Waals surface area contributed by atoms with Crippen LogP contribution in [-0.2, 0) is 7.05 Å². The van der Waals surface area contributed by atoms with Crippen LogP contribution in [0.1, 0.15) is 37.3 Å². The molecular formula is C15H20FN3O. The molecule has 0 amide bonds. The first-order valence-corrected chi connectivity index (χ1v) is 6.59. The molecule has 108 valence electrons. The van der Waals surface area contributed by atoms with Crippen molar-refractivity contribution in [1.29, 1.82) is 0 Å². The molecule has 0 aliphatic carbocycles. The summed E-state index contributed by atoms with van der Waals surface area (Å²) < 4.78 is 20.7. The highest BCUT2D eigenvalue weighted by atomic mass is 19.1. The molecule has 2 rings (SSSR count). The zero-order chi connectivity index (χ0) is 14.7. The van der Waals surface area contributed by atoms with Crippen LogP contribution in [0.5, 0.6) is 5.75 Å². The summed E-state index contributed by atoms with van der Waals surface area (Å²) in [5.41, 5.74) is 0.800. The minimum atomic E-state index is -0.265. The molecule has 0 aliphatic rings. The van der Waals surface area contributed by atoms with E-state index in [-0.39, 0.29) is 17.9 Å². The average molecular weight is 277 g/mol. The van der Waals surface area contributed by atoms with E-state index in [1.165, 1.54) is 12.1 Å². The van der Waals surface area contributed by atoms with Gasteiger partial charge in [0.25, 0.3) is 0 Å². The Labute approximate surface area is 118 Å². The molecule has 2 aromatic rings. The van der Waals surface area contributed by atoms with E-state index < -0.39 is 0 Å². The third-order valence-corrected chi connectivity index (χ3v) is 3.40. The molecule has 5 heteroatoms. The van der Waals surface area contributed by atoms with Gasteiger partial charge < -0.3 is 14.6 Å². The third kappa shape index (κ3) is 2.99. The maximum absolute atomic E-state index is 13.4. The molecule has 0 radical (unpaired) electrons. The Balaban J connectivity index is 2.18. The summed E-state index contributed by atoms with van der Waals surface area (Å²) >= 11 is 0. The van der Waals surface area contributed by atoms with E-state index in [4.69, 9.17) is 4.74 Å². The number of methoxy groups -OCH3 is 1. The van der Waals surface area contributed by atoms with Gasteiger partial charge in [0.1, 0.15) is 17.4 Å². The van der Waals surface area contributed by atoms with Crippen molar-refractivity contribution in [2.75, 3.05) is 7.11 Å². The Bertz CT molecular complexity index is 582. The van der Waals surface area contributed by atoms with E-state index in [2.05, 4.69) is 10.3 Å². The van der Waals surface area contributed by atoms with Crippen molar-refractivity contribution < 1.29 is 9.13 Å². The van der Waals surface area contributed by atoms with Crippen molar-refractivity contribution >= 4 is 0 Å². The fraction of sp³-hybridized carbons (Fsp3) is 0.400. The molecule has 0 bridgehead atoms. The summed E-state index contributed by atoms with van der Waals surface area (Å²) in [7, 11) is 3.54. The van der Waals surface area contributed by atoms with Gasteiger partial charge in [0, 0.05) is 31.0 Å². The van der Waals surface area contributed by atoms with Crippen molar-refractivity contribution in [2.45, 2.75) is 25.9 Å². The first-order valence-electron chi connectivity index (χ1n) is 6.59. The highest BCUT2D eigenvalue weighted by Gasteiger charge is 2.17. The van der Waals surface area contributed by atoms with Crippen molar-refractivity contribution in [3.8, 4) is 5.75 Å². The number of nitrogens with one attached hydrogen (secondary N) is 1. The standard InChI is InChI=1S/C15H20FN3O/c1-10(13-9-12(16)5-6-14(13)20-4)18-11(2)15-17-7-8-19(15)3/h5-11,18H,1-4H3. The van der Waals surface area contributed by atoms with Gasteiger partial charge in [-0.1, -0.05) is 0 Å². The van der Waals surface area contributed by atoms with Crippen LogP contribution in [-0.4, -0.2) is 16.7 Å². The molecule has 0 saturated heterocycles. The Kier molecular flexibility index (Phi) is 4.39. The molecule has 0 fully saturated rings. The maximum atomic E-state index is 13.4. The van der Waals surface area contributed by atoms with Crippen molar-refractivity contribution in [2.24, 2.45) is 7.05 Å². The number of rotatable bonds is 5. The second-order valence-corrected chi connectivity index (χ2v) is 4.89. The van der Waals surface area contributed by atoms with Crippen molar-refractivity contribution in [3.63, 3.8) is 0 Å². The lowest BCUT2D eigenvalue weighted by molar-refractivity contribution is 0.392. The third-order valence-electron chi connectivity index (χ3n) is 3.40. The zero-order valence-electron chi connectivity index (χ0n) is 12.2. The van der Waals surface area contributed by atoms with Gasteiger partial charge in [-0.05, 0) is 32.0 Å². The van der Waals surface area contributed by atoms with E-state index >= 15 is 0 Å². The molecule has 2 unspecified atom stereocenters. The van der Waals surface area contributed by atoms with Crippen LogP contribution in [0, 0.1) is 5.82 Å². The molecule has 4 nitrogen and oxygen atoms in total. The summed E-state index contributed by atoms with van der Waals surface area (Å²) in [6.07, 6.45) is 3.67. The predicted octanol–water partition coefficient (Wildman–Crippen LogP) is 2.98. The van der Waals surface area contributed by atoms with Crippen LogP contribution in [0.15, 0.2) is 30.6 Å². The van der Waals surface area contributed by atoms with E-state index in [1.54, 1.807) is 19.4 Å². The molecule has 1 heterocycles. The van der Waals surface area contributed by atoms with Crippen LogP contribution < -0.4 is 10.1 Å². The fourth-order valence-electron chi connectivity index (χ4n) is 2.38. The van der Waals surface area contributed by atoms with E-state index in [9.17, 15) is 4.39 Å². The smallest absolute Gasteiger partial charge is 0.125 e. The number of nitrogens with zero attached hydrogens (tertiary/aromatic N) is 2. The summed E-state index contributed by atoms with van der Waals surface area (Å²) in [5.74, 6) is 1.35. The number of hydrogen-bond acceptors (Lipinski definition) is 3. The van der Waals surface area contributed by atoms with Crippen LogP contribution in [0.25, 0.3) is 0 Å². The van der Waals surface area contributed by atoms with E-state index in [0.29, 0.717) is 5.75 Å². The van der Waals surface area contributed by atoms with Gasteiger partial charge in [0.15, 0.2) is 0 Å². The van der Waals surface area contributed by atoms with Crippen LogP contribution in [0.4, 0.5) is 4.39 Å². The van der Waals surface area contributed by atoms with E-state index in [1.807, 2.05) is 31.7 Å². The quantitative estimate of drug-likeness (QED) is 0.913. The number of aryl methyl sites for hydroxylation is 1. The second kappa shape index (κ2) is 6.05. The summed E-state index contributed by atoms with van der Waals surface area (Å²) in [4.78, 5) is 4.32.